The molecule has 3 heterocycles. The molecule has 192 valence electrons. The number of anilines is 1. The molecule has 2 aromatic carbocycles. The quantitative estimate of drug-likeness (QED) is 0.362. The van der Waals surface area contributed by atoms with Crippen LogP contribution in [0.4, 0.5) is 10.2 Å². The van der Waals surface area contributed by atoms with Gasteiger partial charge in [-0.05, 0) is 73.2 Å². The smallest absolute Gasteiger partial charge is 0.243 e. The van der Waals surface area contributed by atoms with Gasteiger partial charge >= 0.3 is 0 Å². The summed E-state index contributed by atoms with van der Waals surface area (Å²) in [6.45, 7) is 7.94. The topological polar surface area (TPSA) is 81.7 Å². The Hall–Kier alpha value is -3.48. The summed E-state index contributed by atoms with van der Waals surface area (Å²) in [6.07, 6.45) is 1.78. The van der Waals surface area contributed by atoms with Crippen LogP contribution in [0.5, 0.6) is 0 Å². The van der Waals surface area contributed by atoms with Gasteiger partial charge in [-0.2, -0.15) is 9.57 Å². The molecular weight excluding hydrogens is 489 g/mol. The zero-order chi connectivity index (χ0) is 26.3. The molecule has 7 nitrogen and oxygen atoms in total. The molecule has 0 bridgehead atoms. The lowest BCUT2D eigenvalue weighted by Crippen LogP contribution is -2.49. The Balaban J connectivity index is 1.59. The number of imidazole rings is 1. The van der Waals surface area contributed by atoms with Crippen molar-refractivity contribution in [3.8, 4) is 6.07 Å². The lowest BCUT2D eigenvalue weighted by atomic mass is 9.96. The van der Waals surface area contributed by atoms with E-state index in [4.69, 9.17) is 4.98 Å². The number of benzene rings is 2. The van der Waals surface area contributed by atoms with Crippen LogP contribution in [0, 0.1) is 30.0 Å². The molecule has 0 N–H and O–H groups in total. The Kier molecular flexibility index (Phi) is 6.65. The molecule has 9 heteroatoms. The molecule has 5 rings (SSSR count). The first kappa shape index (κ1) is 25.2. The third kappa shape index (κ3) is 4.45. The zero-order valence-electron chi connectivity index (χ0n) is 21.3. The van der Waals surface area contributed by atoms with Crippen LogP contribution in [-0.4, -0.2) is 48.3 Å². The van der Waals surface area contributed by atoms with E-state index in [0.717, 1.165) is 40.8 Å². The van der Waals surface area contributed by atoms with Crippen molar-refractivity contribution in [2.75, 3.05) is 31.1 Å². The SMILES string of the molecule is Cc1c(CCC(C)C)c(N2CCN(S(=O)(=O)c3ccc(F)cc3)CC2)n2c(nc3ccccc32)c1C#N. The van der Waals surface area contributed by atoms with E-state index in [-0.39, 0.29) is 4.90 Å². The van der Waals surface area contributed by atoms with E-state index >= 15 is 0 Å². The van der Waals surface area contributed by atoms with Crippen LogP contribution in [0.2, 0.25) is 0 Å². The minimum atomic E-state index is -3.72. The van der Waals surface area contributed by atoms with Crippen molar-refractivity contribution in [2.45, 2.75) is 38.5 Å². The first-order chi connectivity index (χ1) is 17.7. The average Bonchev–Trinajstić information content (AvgIpc) is 3.26. The predicted octanol–water partition coefficient (Wildman–Crippen LogP) is 4.91. The van der Waals surface area contributed by atoms with Crippen LogP contribution in [-0.2, 0) is 16.4 Å². The molecule has 1 aliphatic rings. The van der Waals surface area contributed by atoms with Gasteiger partial charge in [0.2, 0.25) is 10.0 Å². The zero-order valence-corrected chi connectivity index (χ0v) is 22.1. The number of nitrogens with zero attached hydrogens (tertiary/aromatic N) is 5. The van der Waals surface area contributed by atoms with E-state index in [1.165, 1.54) is 28.6 Å². The van der Waals surface area contributed by atoms with Gasteiger partial charge in [-0.15, -0.1) is 0 Å². The van der Waals surface area contributed by atoms with Gasteiger partial charge in [0.15, 0.2) is 5.65 Å². The first-order valence-corrected chi connectivity index (χ1v) is 14.0. The summed E-state index contributed by atoms with van der Waals surface area (Å²) in [5.41, 5.74) is 4.99. The number of sulfonamides is 1. The number of fused-ring (bicyclic) bond motifs is 3. The van der Waals surface area contributed by atoms with E-state index in [0.29, 0.717) is 43.3 Å². The normalized spacial score (nSPS) is 15.1. The molecule has 4 aromatic rings. The molecule has 0 unspecified atom stereocenters. The lowest BCUT2D eigenvalue weighted by molar-refractivity contribution is 0.383. The van der Waals surface area contributed by atoms with Crippen LogP contribution in [0.3, 0.4) is 0 Å². The molecule has 0 spiro atoms. The third-order valence-corrected chi connectivity index (χ3v) is 9.08. The predicted molar refractivity (Wildman–Crippen MR) is 143 cm³/mol. The molecule has 2 aromatic heterocycles. The van der Waals surface area contributed by atoms with Crippen molar-refractivity contribution in [3.63, 3.8) is 0 Å². The molecule has 0 atom stereocenters. The highest BCUT2D eigenvalue weighted by molar-refractivity contribution is 7.89. The highest BCUT2D eigenvalue weighted by Crippen LogP contribution is 2.35. The average molecular weight is 520 g/mol. The molecule has 0 aliphatic carbocycles. The summed E-state index contributed by atoms with van der Waals surface area (Å²) < 4.78 is 43.3. The Morgan fingerprint density at radius 2 is 1.73 bits per heavy atom. The van der Waals surface area contributed by atoms with E-state index in [1.807, 2.05) is 31.2 Å². The molecule has 0 saturated carbocycles. The molecule has 1 aliphatic heterocycles. The lowest BCUT2D eigenvalue weighted by Gasteiger charge is -2.37. The van der Waals surface area contributed by atoms with E-state index in [2.05, 4.69) is 29.2 Å². The standard InChI is InChI=1S/C28H30FN5O2S/c1-19(2)8-13-23-20(3)24(18-30)27-31-25-6-4-5-7-26(25)34(27)28(23)32-14-16-33(17-15-32)37(35,36)22-11-9-21(29)10-12-22/h4-7,9-12,19H,8,13-17H2,1-3H3. The maximum Gasteiger partial charge on any atom is 0.243 e. The number of piperazine rings is 1. The minimum Gasteiger partial charge on any atom is -0.355 e. The summed E-state index contributed by atoms with van der Waals surface area (Å²) in [7, 11) is -3.72. The molecule has 1 fully saturated rings. The number of hydrogen-bond acceptors (Lipinski definition) is 5. The molecule has 0 radical (unpaired) electrons. The summed E-state index contributed by atoms with van der Waals surface area (Å²) in [4.78, 5) is 7.13. The summed E-state index contributed by atoms with van der Waals surface area (Å²) in [5.74, 6) is 1.01. The monoisotopic (exact) mass is 519 g/mol. The number of halogens is 1. The first-order valence-electron chi connectivity index (χ1n) is 12.6. The molecule has 0 amide bonds. The van der Waals surface area contributed by atoms with Gasteiger partial charge in [-0.3, -0.25) is 4.40 Å². The van der Waals surface area contributed by atoms with Gasteiger partial charge in [-0.1, -0.05) is 26.0 Å². The van der Waals surface area contributed by atoms with Crippen LogP contribution >= 0.6 is 0 Å². The number of hydrogen-bond donors (Lipinski definition) is 0. The van der Waals surface area contributed by atoms with Crippen LogP contribution in [0.25, 0.3) is 16.7 Å². The van der Waals surface area contributed by atoms with Crippen molar-refractivity contribution in [1.29, 1.82) is 5.26 Å². The number of aromatic nitrogens is 2. The minimum absolute atomic E-state index is 0.0946. The van der Waals surface area contributed by atoms with Gasteiger partial charge in [0, 0.05) is 26.2 Å². The second kappa shape index (κ2) is 9.77. The Morgan fingerprint density at radius 1 is 1.05 bits per heavy atom. The van der Waals surface area contributed by atoms with Crippen molar-refractivity contribution in [1.82, 2.24) is 13.7 Å². The summed E-state index contributed by atoms with van der Waals surface area (Å²) >= 11 is 0. The molecular formula is C28H30FN5O2S. The van der Waals surface area contributed by atoms with Crippen LogP contribution in [0.1, 0.15) is 37.0 Å². The number of para-hydroxylation sites is 2. The summed E-state index contributed by atoms with van der Waals surface area (Å²) in [5, 5.41) is 10.1. The van der Waals surface area contributed by atoms with Crippen molar-refractivity contribution in [2.24, 2.45) is 5.92 Å². The number of rotatable bonds is 6. The van der Waals surface area contributed by atoms with Gasteiger partial charge in [0.25, 0.3) is 0 Å². The maximum atomic E-state index is 13.4. The largest absolute Gasteiger partial charge is 0.355 e. The van der Waals surface area contributed by atoms with Crippen LogP contribution in [0.15, 0.2) is 53.4 Å². The van der Waals surface area contributed by atoms with E-state index < -0.39 is 15.8 Å². The maximum absolute atomic E-state index is 13.4. The number of pyridine rings is 1. The number of nitriles is 1. The van der Waals surface area contributed by atoms with Gasteiger partial charge in [0.1, 0.15) is 17.7 Å². The fourth-order valence-electron chi connectivity index (χ4n) is 5.12. The van der Waals surface area contributed by atoms with Crippen molar-refractivity contribution < 1.29 is 12.8 Å². The van der Waals surface area contributed by atoms with E-state index in [9.17, 15) is 18.1 Å². The molecule has 37 heavy (non-hydrogen) atoms. The van der Waals surface area contributed by atoms with Gasteiger partial charge in [0.05, 0.1) is 21.5 Å². The highest BCUT2D eigenvalue weighted by Gasteiger charge is 2.31. The Morgan fingerprint density at radius 3 is 2.38 bits per heavy atom. The van der Waals surface area contributed by atoms with Crippen molar-refractivity contribution >= 4 is 32.5 Å². The van der Waals surface area contributed by atoms with Gasteiger partial charge in [-0.25, -0.2) is 17.8 Å². The van der Waals surface area contributed by atoms with Crippen LogP contribution < -0.4 is 4.90 Å². The fraction of sp³-hybridized carbons (Fsp3) is 0.357. The second-order valence-electron chi connectivity index (χ2n) is 9.95. The molecule has 1 saturated heterocycles. The van der Waals surface area contributed by atoms with Gasteiger partial charge < -0.3 is 4.90 Å². The Labute approximate surface area is 216 Å². The summed E-state index contributed by atoms with van der Waals surface area (Å²) in [6, 6.07) is 15.2. The Bertz CT molecular complexity index is 1610. The second-order valence-corrected chi connectivity index (χ2v) is 11.9. The fourth-order valence-corrected chi connectivity index (χ4v) is 6.55. The van der Waals surface area contributed by atoms with E-state index in [1.54, 1.807) is 0 Å². The third-order valence-electron chi connectivity index (χ3n) is 7.17. The highest BCUT2D eigenvalue weighted by atomic mass is 32.2. The van der Waals surface area contributed by atoms with Crippen molar-refractivity contribution in [3.05, 3.63) is 71.0 Å².